The Morgan fingerprint density at radius 2 is 2.17 bits per heavy atom. The van der Waals surface area contributed by atoms with Gasteiger partial charge in [0.15, 0.2) is 5.56 Å². The van der Waals surface area contributed by atoms with Gasteiger partial charge in [-0.05, 0) is 12.1 Å². The number of furan rings is 1. The maximum Gasteiger partial charge on any atom is 0.343 e. The smallest absolute Gasteiger partial charge is 0.343 e. The van der Waals surface area contributed by atoms with Crippen LogP contribution in [0.4, 0.5) is 5.88 Å². The number of carboxylic acids is 1. The molecule has 6 nitrogen and oxygen atoms in total. The van der Waals surface area contributed by atoms with Gasteiger partial charge in [-0.15, -0.1) is 0 Å². The lowest BCUT2D eigenvalue weighted by Crippen LogP contribution is -2.01. The first-order valence-corrected chi connectivity index (χ1v) is 5.13. The summed E-state index contributed by atoms with van der Waals surface area (Å²) in [7, 11) is 0. The van der Waals surface area contributed by atoms with Gasteiger partial charge in [-0.3, -0.25) is 0 Å². The van der Waals surface area contributed by atoms with Crippen molar-refractivity contribution >= 4 is 22.8 Å². The molecule has 0 unspecified atom stereocenters. The fourth-order valence-electron chi connectivity index (χ4n) is 1.89. The van der Waals surface area contributed by atoms with Crippen LogP contribution in [0, 0.1) is 0 Å². The van der Waals surface area contributed by atoms with Crippen molar-refractivity contribution in [3.63, 3.8) is 0 Å². The summed E-state index contributed by atoms with van der Waals surface area (Å²) in [6, 6.07) is 7.00. The number of anilines is 1. The summed E-state index contributed by atoms with van der Waals surface area (Å²) >= 11 is 0. The number of carboxylic acid groups (broad SMARTS) is 1. The lowest BCUT2D eigenvalue weighted by Gasteiger charge is -1.99. The second-order valence-electron chi connectivity index (χ2n) is 3.71. The molecule has 0 bridgehead atoms. The van der Waals surface area contributed by atoms with Crippen molar-refractivity contribution in [2.75, 3.05) is 5.73 Å². The molecule has 3 rings (SSSR count). The van der Waals surface area contributed by atoms with E-state index in [-0.39, 0.29) is 17.1 Å². The van der Waals surface area contributed by atoms with Crippen molar-refractivity contribution in [3.05, 3.63) is 36.1 Å². The highest BCUT2D eigenvalue weighted by atomic mass is 16.5. The van der Waals surface area contributed by atoms with Gasteiger partial charge in [0.25, 0.3) is 0 Å². The third-order valence-electron chi connectivity index (χ3n) is 2.68. The third-order valence-corrected chi connectivity index (χ3v) is 2.68. The number of nitrogens with two attached hydrogens (primary N) is 1. The molecule has 0 spiro atoms. The van der Waals surface area contributed by atoms with E-state index in [2.05, 4.69) is 5.16 Å². The molecular weight excluding hydrogens is 236 g/mol. The molecule has 0 saturated carbocycles. The van der Waals surface area contributed by atoms with E-state index in [1.165, 1.54) is 6.26 Å². The maximum atomic E-state index is 11.1. The second-order valence-corrected chi connectivity index (χ2v) is 3.71. The molecule has 0 saturated heterocycles. The van der Waals surface area contributed by atoms with Gasteiger partial charge in [0.1, 0.15) is 11.3 Å². The molecule has 0 amide bonds. The summed E-state index contributed by atoms with van der Waals surface area (Å²) in [5.41, 5.74) is 6.79. The average Bonchev–Trinajstić information content (AvgIpc) is 2.94. The van der Waals surface area contributed by atoms with Gasteiger partial charge in [0.2, 0.25) is 5.88 Å². The number of aromatic nitrogens is 1. The summed E-state index contributed by atoms with van der Waals surface area (Å²) in [4.78, 5) is 11.1. The zero-order valence-electron chi connectivity index (χ0n) is 9.08. The van der Waals surface area contributed by atoms with Gasteiger partial charge in [-0.2, -0.15) is 0 Å². The van der Waals surface area contributed by atoms with Crippen LogP contribution in [0.3, 0.4) is 0 Å². The minimum absolute atomic E-state index is 0.135. The molecule has 6 heteroatoms. The number of nitrogens with zero attached hydrogens (tertiary/aromatic N) is 1. The fourth-order valence-corrected chi connectivity index (χ4v) is 1.89. The van der Waals surface area contributed by atoms with Crippen molar-refractivity contribution in [3.8, 4) is 11.3 Å². The second kappa shape index (κ2) is 3.63. The highest BCUT2D eigenvalue weighted by molar-refractivity contribution is 6.03. The molecule has 0 aliphatic carbocycles. The van der Waals surface area contributed by atoms with Crippen LogP contribution in [0.1, 0.15) is 10.4 Å². The minimum Gasteiger partial charge on any atom is -0.477 e. The van der Waals surface area contributed by atoms with Crippen LogP contribution in [-0.2, 0) is 0 Å². The Hall–Kier alpha value is -2.76. The van der Waals surface area contributed by atoms with Crippen LogP contribution in [-0.4, -0.2) is 16.2 Å². The number of nitrogen functional groups attached to an aromatic ring is 1. The highest BCUT2D eigenvalue weighted by Gasteiger charge is 2.23. The molecule has 2 aromatic heterocycles. The predicted molar refractivity (Wildman–Crippen MR) is 63.1 cm³/mol. The largest absolute Gasteiger partial charge is 0.477 e. The van der Waals surface area contributed by atoms with E-state index in [4.69, 9.17) is 19.8 Å². The lowest BCUT2D eigenvalue weighted by atomic mass is 10.0. The van der Waals surface area contributed by atoms with E-state index in [1.807, 2.05) is 0 Å². The molecule has 2 heterocycles. The van der Waals surface area contributed by atoms with E-state index in [9.17, 15) is 4.79 Å². The van der Waals surface area contributed by atoms with Crippen molar-refractivity contribution < 1.29 is 18.8 Å². The Morgan fingerprint density at radius 1 is 1.33 bits per heavy atom. The third kappa shape index (κ3) is 1.36. The van der Waals surface area contributed by atoms with Crippen molar-refractivity contribution in [2.24, 2.45) is 0 Å². The van der Waals surface area contributed by atoms with E-state index < -0.39 is 5.97 Å². The van der Waals surface area contributed by atoms with Gasteiger partial charge in [-0.1, -0.05) is 17.3 Å². The number of hydrogen-bond donors (Lipinski definition) is 2. The Bertz CT molecular complexity index is 741. The molecule has 0 atom stereocenters. The van der Waals surface area contributed by atoms with Crippen LogP contribution in [0.2, 0.25) is 0 Å². The van der Waals surface area contributed by atoms with E-state index in [0.717, 1.165) is 5.39 Å². The number of carbonyl (C=O) groups is 1. The number of hydrogen-bond acceptors (Lipinski definition) is 5. The van der Waals surface area contributed by atoms with Crippen molar-refractivity contribution in [1.82, 2.24) is 5.16 Å². The summed E-state index contributed by atoms with van der Waals surface area (Å²) in [6.45, 7) is 0. The standard InChI is InChI=1S/C12H8N2O4/c13-11-9(12(15)16)10(14-18-11)7-2-1-3-8-6(7)4-5-17-8/h1-5H,13H2,(H,15,16). The molecular formula is C12H8N2O4. The SMILES string of the molecule is Nc1onc(-c2cccc3occc23)c1C(=O)O. The Kier molecular flexibility index (Phi) is 2.09. The first kappa shape index (κ1) is 10.4. The van der Waals surface area contributed by atoms with Gasteiger partial charge in [0.05, 0.1) is 6.26 Å². The molecule has 0 radical (unpaired) electrons. The monoisotopic (exact) mass is 244 g/mol. The van der Waals surface area contributed by atoms with Crippen molar-refractivity contribution in [2.45, 2.75) is 0 Å². The molecule has 18 heavy (non-hydrogen) atoms. The van der Waals surface area contributed by atoms with Gasteiger partial charge in [0, 0.05) is 10.9 Å². The van der Waals surface area contributed by atoms with Gasteiger partial charge < -0.3 is 19.8 Å². The average molecular weight is 244 g/mol. The first-order valence-electron chi connectivity index (χ1n) is 5.13. The molecule has 90 valence electrons. The molecule has 3 aromatic rings. The topological polar surface area (TPSA) is 102 Å². The van der Waals surface area contributed by atoms with Crippen LogP contribution < -0.4 is 5.73 Å². The predicted octanol–water partition coefficient (Wildman–Crippen LogP) is 2.37. The van der Waals surface area contributed by atoms with Crippen LogP contribution in [0.25, 0.3) is 22.2 Å². The normalized spacial score (nSPS) is 10.9. The number of fused-ring (bicyclic) bond motifs is 1. The van der Waals surface area contributed by atoms with E-state index in [1.54, 1.807) is 24.3 Å². The van der Waals surface area contributed by atoms with Gasteiger partial charge in [-0.25, -0.2) is 4.79 Å². The lowest BCUT2D eigenvalue weighted by molar-refractivity contribution is 0.0698. The van der Waals surface area contributed by atoms with Gasteiger partial charge >= 0.3 is 5.97 Å². The Labute approximate surface area is 101 Å². The zero-order valence-corrected chi connectivity index (χ0v) is 9.08. The number of benzene rings is 1. The Morgan fingerprint density at radius 3 is 2.94 bits per heavy atom. The molecule has 0 aliphatic rings. The van der Waals surface area contributed by atoms with Crippen LogP contribution in [0.15, 0.2) is 39.5 Å². The highest BCUT2D eigenvalue weighted by Crippen LogP contribution is 2.33. The Balaban J connectivity index is 2.33. The molecule has 0 aliphatic heterocycles. The zero-order chi connectivity index (χ0) is 12.7. The summed E-state index contributed by atoms with van der Waals surface area (Å²) < 4.78 is 10.0. The van der Waals surface area contributed by atoms with Crippen LogP contribution >= 0.6 is 0 Å². The van der Waals surface area contributed by atoms with E-state index >= 15 is 0 Å². The van der Waals surface area contributed by atoms with E-state index in [0.29, 0.717) is 11.1 Å². The quantitative estimate of drug-likeness (QED) is 0.717. The summed E-state index contributed by atoms with van der Waals surface area (Å²) in [6.07, 6.45) is 1.53. The van der Waals surface area contributed by atoms with Crippen LogP contribution in [0.5, 0.6) is 0 Å². The fraction of sp³-hybridized carbons (Fsp3) is 0. The minimum atomic E-state index is -1.18. The van der Waals surface area contributed by atoms with Crippen molar-refractivity contribution in [1.29, 1.82) is 0 Å². The summed E-state index contributed by atoms with van der Waals surface area (Å²) in [5.74, 6) is -1.39. The molecule has 1 aromatic carbocycles. The summed E-state index contributed by atoms with van der Waals surface area (Å²) in [5, 5.41) is 13.6. The number of aromatic carboxylic acids is 1. The molecule has 3 N–H and O–H groups in total. The maximum absolute atomic E-state index is 11.1. The first-order chi connectivity index (χ1) is 8.68. The molecule has 0 fully saturated rings. The number of rotatable bonds is 2.